The minimum absolute atomic E-state index is 0.0352. The van der Waals surface area contributed by atoms with E-state index in [9.17, 15) is 4.79 Å². The monoisotopic (exact) mass is 330 g/mol. The predicted octanol–water partition coefficient (Wildman–Crippen LogP) is 1.97. The van der Waals surface area contributed by atoms with Crippen molar-refractivity contribution in [2.24, 2.45) is 0 Å². The molecule has 0 aliphatic carbocycles. The van der Waals surface area contributed by atoms with Crippen molar-refractivity contribution in [3.05, 3.63) is 34.9 Å². The van der Waals surface area contributed by atoms with E-state index < -0.39 is 0 Å². The maximum absolute atomic E-state index is 12.8. The lowest BCUT2D eigenvalue weighted by Gasteiger charge is -2.34. The van der Waals surface area contributed by atoms with E-state index in [2.05, 4.69) is 14.9 Å². The third-order valence-electron chi connectivity index (χ3n) is 4.45. The van der Waals surface area contributed by atoms with Crippen molar-refractivity contribution in [3.63, 3.8) is 0 Å². The van der Waals surface area contributed by atoms with Gasteiger partial charge in [-0.3, -0.25) is 4.79 Å². The number of methoxy groups -OCH3 is 1. The summed E-state index contributed by atoms with van der Waals surface area (Å²) in [6.45, 7) is 8.29. The molecule has 7 heteroatoms. The molecular weight excluding hydrogens is 308 g/mol. The zero-order valence-electron chi connectivity index (χ0n) is 14.5. The van der Waals surface area contributed by atoms with Crippen LogP contribution in [-0.4, -0.2) is 54.1 Å². The first-order valence-corrected chi connectivity index (χ1v) is 7.99. The van der Waals surface area contributed by atoms with Gasteiger partial charge in [-0.15, -0.1) is 0 Å². The molecule has 3 rings (SSSR count). The molecule has 1 saturated heterocycles. The van der Waals surface area contributed by atoms with Crippen LogP contribution in [0.3, 0.4) is 0 Å². The number of aryl methyl sites for hydroxylation is 2. The third kappa shape index (κ3) is 2.93. The van der Waals surface area contributed by atoms with Gasteiger partial charge < -0.3 is 19.0 Å². The van der Waals surface area contributed by atoms with Gasteiger partial charge in [-0.2, -0.15) is 4.98 Å². The Morgan fingerprint density at radius 3 is 2.46 bits per heavy atom. The normalized spacial score (nSPS) is 14.8. The second kappa shape index (κ2) is 6.51. The molecule has 0 N–H and O–H groups in total. The summed E-state index contributed by atoms with van der Waals surface area (Å²) in [4.78, 5) is 25.4. The Kier molecular flexibility index (Phi) is 4.42. The molecule has 24 heavy (non-hydrogen) atoms. The van der Waals surface area contributed by atoms with E-state index in [4.69, 9.17) is 9.15 Å². The van der Waals surface area contributed by atoms with Gasteiger partial charge in [-0.1, -0.05) is 0 Å². The Morgan fingerprint density at radius 2 is 1.88 bits per heavy atom. The number of amides is 1. The number of hydrogen-bond acceptors (Lipinski definition) is 6. The maximum atomic E-state index is 12.8. The number of rotatable bonds is 3. The molecule has 3 heterocycles. The van der Waals surface area contributed by atoms with Gasteiger partial charge in [0.2, 0.25) is 11.8 Å². The molecule has 1 fully saturated rings. The largest absolute Gasteiger partial charge is 0.481 e. The van der Waals surface area contributed by atoms with Crippen LogP contribution in [-0.2, 0) is 0 Å². The van der Waals surface area contributed by atoms with Crippen molar-refractivity contribution in [2.45, 2.75) is 20.8 Å². The number of furan rings is 1. The van der Waals surface area contributed by atoms with E-state index in [0.717, 1.165) is 11.3 Å². The predicted molar refractivity (Wildman–Crippen MR) is 89.6 cm³/mol. The Hall–Kier alpha value is -2.57. The van der Waals surface area contributed by atoms with Crippen LogP contribution in [0.4, 0.5) is 5.95 Å². The molecule has 0 radical (unpaired) electrons. The maximum Gasteiger partial charge on any atom is 0.257 e. The second-order valence-electron chi connectivity index (χ2n) is 5.89. The minimum atomic E-state index is 0.0352. The number of aromatic nitrogens is 2. The average molecular weight is 330 g/mol. The summed E-state index contributed by atoms with van der Waals surface area (Å²) in [6.07, 6.45) is 1.68. The summed E-state index contributed by atoms with van der Waals surface area (Å²) in [5.74, 6) is 2.70. The molecule has 2 aromatic heterocycles. The molecule has 2 aromatic rings. The highest BCUT2D eigenvalue weighted by atomic mass is 16.5. The molecular formula is C17H22N4O3. The number of nitrogens with zero attached hydrogens (tertiary/aromatic N) is 4. The van der Waals surface area contributed by atoms with E-state index in [1.807, 2.05) is 25.7 Å². The molecule has 1 amide bonds. The number of carbonyl (C=O) groups excluding carboxylic acids is 1. The van der Waals surface area contributed by atoms with Gasteiger partial charge in [0.25, 0.3) is 5.91 Å². The smallest absolute Gasteiger partial charge is 0.257 e. The number of ether oxygens (including phenoxy) is 1. The van der Waals surface area contributed by atoms with Crippen LogP contribution in [0.2, 0.25) is 0 Å². The van der Waals surface area contributed by atoms with Crippen molar-refractivity contribution < 1.29 is 13.9 Å². The van der Waals surface area contributed by atoms with Crippen molar-refractivity contribution in [1.29, 1.82) is 0 Å². The first-order chi connectivity index (χ1) is 11.5. The van der Waals surface area contributed by atoms with Crippen LogP contribution >= 0.6 is 0 Å². The molecule has 0 saturated carbocycles. The Morgan fingerprint density at radius 1 is 1.17 bits per heavy atom. The topological polar surface area (TPSA) is 71.7 Å². The standard InChI is InChI=1S/C17H22N4O3/c1-11-12(2)24-13(3)15(11)16(22)20-7-9-21(10-8-20)17-18-6-5-14(19-17)23-4/h5-6H,7-10H2,1-4H3. The first-order valence-electron chi connectivity index (χ1n) is 7.99. The van der Waals surface area contributed by atoms with Crippen LogP contribution < -0.4 is 9.64 Å². The van der Waals surface area contributed by atoms with Crippen LogP contribution in [0.1, 0.15) is 27.4 Å². The van der Waals surface area contributed by atoms with Gasteiger partial charge in [-0.05, 0) is 20.8 Å². The number of piperazine rings is 1. The van der Waals surface area contributed by atoms with Crippen LogP contribution in [0, 0.1) is 20.8 Å². The average Bonchev–Trinajstić information content (AvgIpc) is 2.86. The number of hydrogen-bond donors (Lipinski definition) is 0. The molecule has 0 unspecified atom stereocenters. The fourth-order valence-corrected chi connectivity index (χ4v) is 2.97. The zero-order valence-corrected chi connectivity index (χ0v) is 14.5. The van der Waals surface area contributed by atoms with E-state index >= 15 is 0 Å². The van der Waals surface area contributed by atoms with Crippen LogP contribution in [0.15, 0.2) is 16.7 Å². The van der Waals surface area contributed by atoms with Crippen molar-refractivity contribution >= 4 is 11.9 Å². The molecule has 0 bridgehead atoms. The van der Waals surface area contributed by atoms with E-state index in [1.54, 1.807) is 19.4 Å². The summed E-state index contributed by atoms with van der Waals surface area (Å²) in [5, 5.41) is 0. The molecule has 7 nitrogen and oxygen atoms in total. The van der Waals surface area contributed by atoms with Gasteiger partial charge in [0, 0.05) is 44.0 Å². The summed E-state index contributed by atoms with van der Waals surface area (Å²) in [7, 11) is 1.58. The minimum Gasteiger partial charge on any atom is -0.481 e. The summed E-state index contributed by atoms with van der Waals surface area (Å²) in [5.41, 5.74) is 1.62. The van der Waals surface area contributed by atoms with E-state index in [1.165, 1.54) is 0 Å². The molecule has 0 atom stereocenters. The van der Waals surface area contributed by atoms with E-state index in [0.29, 0.717) is 49.3 Å². The SMILES string of the molecule is COc1ccnc(N2CCN(C(=O)c3c(C)oc(C)c3C)CC2)n1. The highest BCUT2D eigenvalue weighted by Crippen LogP contribution is 2.23. The zero-order chi connectivity index (χ0) is 17.3. The lowest BCUT2D eigenvalue weighted by atomic mass is 10.1. The Balaban J connectivity index is 1.69. The molecule has 0 spiro atoms. The highest BCUT2D eigenvalue weighted by molar-refractivity contribution is 5.97. The lowest BCUT2D eigenvalue weighted by Crippen LogP contribution is -2.49. The van der Waals surface area contributed by atoms with Crippen molar-refractivity contribution in [2.75, 3.05) is 38.2 Å². The van der Waals surface area contributed by atoms with Gasteiger partial charge >= 0.3 is 0 Å². The van der Waals surface area contributed by atoms with Gasteiger partial charge in [-0.25, -0.2) is 4.98 Å². The van der Waals surface area contributed by atoms with Crippen molar-refractivity contribution in [1.82, 2.24) is 14.9 Å². The molecule has 1 aliphatic rings. The summed E-state index contributed by atoms with van der Waals surface area (Å²) >= 11 is 0. The summed E-state index contributed by atoms with van der Waals surface area (Å²) in [6, 6.07) is 1.72. The summed E-state index contributed by atoms with van der Waals surface area (Å²) < 4.78 is 10.7. The Bertz CT molecular complexity index is 748. The quantitative estimate of drug-likeness (QED) is 0.857. The van der Waals surface area contributed by atoms with Crippen LogP contribution in [0.5, 0.6) is 5.88 Å². The van der Waals surface area contributed by atoms with Crippen LogP contribution in [0.25, 0.3) is 0 Å². The van der Waals surface area contributed by atoms with Crippen molar-refractivity contribution in [3.8, 4) is 5.88 Å². The molecule has 0 aromatic carbocycles. The number of carbonyl (C=O) groups is 1. The fraction of sp³-hybridized carbons (Fsp3) is 0.471. The van der Waals surface area contributed by atoms with E-state index in [-0.39, 0.29) is 5.91 Å². The van der Waals surface area contributed by atoms with Gasteiger partial charge in [0.1, 0.15) is 11.5 Å². The van der Waals surface area contributed by atoms with Gasteiger partial charge in [0.15, 0.2) is 0 Å². The fourth-order valence-electron chi connectivity index (χ4n) is 2.97. The second-order valence-corrected chi connectivity index (χ2v) is 5.89. The number of anilines is 1. The highest BCUT2D eigenvalue weighted by Gasteiger charge is 2.27. The van der Waals surface area contributed by atoms with Gasteiger partial charge in [0.05, 0.1) is 12.7 Å². The molecule has 128 valence electrons. The first kappa shape index (κ1) is 16.3. The lowest BCUT2D eigenvalue weighted by molar-refractivity contribution is 0.0743. The molecule has 1 aliphatic heterocycles. The Labute approximate surface area is 141 Å². The third-order valence-corrected chi connectivity index (χ3v) is 4.45.